The van der Waals surface area contributed by atoms with E-state index < -0.39 is 22.4 Å². The van der Waals surface area contributed by atoms with Crippen molar-refractivity contribution >= 4 is 0 Å². The van der Waals surface area contributed by atoms with E-state index in [1.165, 1.54) is 6.92 Å². The van der Waals surface area contributed by atoms with Gasteiger partial charge in [-0.15, -0.1) is 20.2 Å². The minimum Gasteiger partial charge on any atom is -0.311 e. The second-order valence-corrected chi connectivity index (χ2v) is 2.73. The van der Waals surface area contributed by atoms with Crippen LogP contribution in [0.2, 0.25) is 0 Å². The van der Waals surface area contributed by atoms with Crippen molar-refractivity contribution in [2.24, 2.45) is 0 Å². The summed E-state index contributed by atoms with van der Waals surface area (Å²) < 4.78 is 0. The molecule has 82 valence electrons. The van der Waals surface area contributed by atoms with Gasteiger partial charge >= 0.3 is 0 Å². The molecule has 8 nitrogen and oxygen atoms in total. The fourth-order valence-corrected chi connectivity index (χ4v) is 0.966. The van der Waals surface area contributed by atoms with Crippen molar-refractivity contribution in [3.05, 3.63) is 20.2 Å². The van der Waals surface area contributed by atoms with Crippen LogP contribution in [0.25, 0.3) is 0 Å². The Hall–Kier alpha value is -1.60. The van der Waals surface area contributed by atoms with Crippen LogP contribution in [0.4, 0.5) is 0 Å². The average Bonchev–Trinajstić information content (AvgIpc) is 2.00. The van der Waals surface area contributed by atoms with E-state index in [-0.39, 0.29) is 6.42 Å². The molecule has 0 aromatic carbocycles. The fraction of sp³-hybridized carbons (Fsp3) is 1.00. The highest BCUT2D eigenvalue weighted by atomic mass is 17.0. The van der Waals surface area contributed by atoms with Crippen LogP contribution in [0, 0.1) is 20.2 Å². The smallest absolute Gasteiger partial charge is 0.294 e. The summed E-state index contributed by atoms with van der Waals surface area (Å²) in [6.07, 6.45) is -0.875. The van der Waals surface area contributed by atoms with Crippen LogP contribution < -0.4 is 0 Å². The Morgan fingerprint density at radius 3 is 2.07 bits per heavy atom. The van der Waals surface area contributed by atoms with Crippen LogP contribution in [-0.2, 0) is 9.68 Å². The van der Waals surface area contributed by atoms with Crippen molar-refractivity contribution in [3.8, 4) is 0 Å². The van der Waals surface area contributed by atoms with E-state index in [1.54, 1.807) is 6.92 Å². The Morgan fingerprint density at radius 2 is 1.71 bits per heavy atom. The third-order valence-electron chi connectivity index (χ3n) is 1.55. The first-order valence-corrected chi connectivity index (χ1v) is 4.08. The summed E-state index contributed by atoms with van der Waals surface area (Å²) in [7, 11) is 0. The summed E-state index contributed by atoms with van der Waals surface area (Å²) >= 11 is 0. The van der Waals surface area contributed by atoms with E-state index in [0.29, 0.717) is 6.42 Å². The predicted octanol–water partition coefficient (Wildman–Crippen LogP) is 0.960. The molecule has 0 saturated heterocycles. The lowest BCUT2D eigenvalue weighted by Crippen LogP contribution is -2.24. The minimum absolute atomic E-state index is 0.110. The Labute approximate surface area is 80.0 Å². The van der Waals surface area contributed by atoms with Crippen LogP contribution >= 0.6 is 0 Å². The Morgan fingerprint density at radius 1 is 1.21 bits per heavy atom. The summed E-state index contributed by atoms with van der Waals surface area (Å²) in [5.74, 6) is 0. The highest BCUT2D eigenvalue weighted by Gasteiger charge is 2.17. The van der Waals surface area contributed by atoms with Gasteiger partial charge in [0.2, 0.25) is 0 Å². The van der Waals surface area contributed by atoms with Crippen molar-refractivity contribution in [2.75, 3.05) is 0 Å². The first kappa shape index (κ1) is 12.4. The van der Waals surface area contributed by atoms with Crippen molar-refractivity contribution in [1.29, 1.82) is 0 Å². The van der Waals surface area contributed by atoms with Crippen molar-refractivity contribution < 1.29 is 19.8 Å². The van der Waals surface area contributed by atoms with Crippen LogP contribution in [0.5, 0.6) is 0 Å². The molecular formula is C6H12N2O6. The molecule has 0 aromatic heterocycles. The van der Waals surface area contributed by atoms with Crippen molar-refractivity contribution in [3.63, 3.8) is 0 Å². The Balaban J connectivity index is 3.91. The average molecular weight is 208 g/mol. The molecule has 0 saturated carbocycles. The molecule has 8 heteroatoms. The Kier molecular flexibility index (Phi) is 5.27. The fourth-order valence-electron chi connectivity index (χ4n) is 0.966. The first-order valence-electron chi connectivity index (χ1n) is 4.08. The third kappa shape index (κ3) is 5.98. The summed E-state index contributed by atoms with van der Waals surface area (Å²) in [6, 6.07) is 0. The maximum atomic E-state index is 9.98. The van der Waals surface area contributed by atoms with Gasteiger partial charge in [0, 0.05) is 6.42 Å². The molecule has 0 N–H and O–H groups in total. The summed E-state index contributed by atoms with van der Waals surface area (Å²) in [4.78, 5) is 28.3. The molecule has 0 aromatic rings. The van der Waals surface area contributed by atoms with E-state index in [2.05, 4.69) is 9.68 Å². The molecule has 0 rings (SSSR count). The second kappa shape index (κ2) is 5.95. The maximum absolute atomic E-state index is 9.98. The topological polar surface area (TPSA) is 105 Å². The summed E-state index contributed by atoms with van der Waals surface area (Å²) in [6.45, 7) is 3.14. The first-order chi connectivity index (χ1) is 6.45. The molecule has 0 aliphatic rings. The summed E-state index contributed by atoms with van der Waals surface area (Å²) in [5, 5.41) is 18.1. The number of hydrogen-bond donors (Lipinski definition) is 0. The molecule has 0 aliphatic carbocycles. The zero-order chi connectivity index (χ0) is 11.1. The SMILES string of the molecule is CCC(CC(C)O[N+](=O)[O-])O[N+](=O)[O-]. The lowest BCUT2D eigenvalue weighted by atomic mass is 10.1. The van der Waals surface area contributed by atoms with E-state index in [0.717, 1.165) is 0 Å². The minimum atomic E-state index is -0.927. The van der Waals surface area contributed by atoms with Gasteiger partial charge < -0.3 is 9.68 Å². The van der Waals surface area contributed by atoms with Crippen LogP contribution in [0.1, 0.15) is 26.7 Å². The standard InChI is InChI=1S/C6H12N2O6/c1-3-6(14-8(11)12)4-5(2)13-7(9)10/h5-6H,3-4H2,1-2H3. The van der Waals surface area contributed by atoms with Gasteiger partial charge in [0.05, 0.1) is 0 Å². The highest BCUT2D eigenvalue weighted by Crippen LogP contribution is 2.09. The van der Waals surface area contributed by atoms with Crippen molar-refractivity contribution in [2.45, 2.75) is 38.9 Å². The lowest BCUT2D eigenvalue weighted by Gasteiger charge is -2.15. The monoisotopic (exact) mass is 208 g/mol. The van der Waals surface area contributed by atoms with Crippen molar-refractivity contribution in [1.82, 2.24) is 0 Å². The third-order valence-corrected chi connectivity index (χ3v) is 1.55. The van der Waals surface area contributed by atoms with Gasteiger partial charge in [0.1, 0.15) is 12.2 Å². The van der Waals surface area contributed by atoms with Gasteiger partial charge in [0.25, 0.3) is 10.2 Å². The quantitative estimate of drug-likeness (QED) is 0.455. The van der Waals surface area contributed by atoms with E-state index in [9.17, 15) is 20.2 Å². The molecule has 0 fully saturated rings. The zero-order valence-corrected chi connectivity index (χ0v) is 7.91. The van der Waals surface area contributed by atoms with Crippen LogP contribution in [-0.4, -0.2) is 22.4 Å². The molecule has 14 heavy (non-hydrogen) atoms. The zero-order valence-electron chi connectivity index (χ0n) is 7.91. The van der Waals surface area contributed by atoms with Gasteiger partial charge in [-0.25, -0.2) is 0 Å². The second-order valence-electron chi connectivity index (χ2n) is 2.73. The number of hydrogen-bond acceptors (Lipinski definition) is 6. The molecular weight excluding hydrogens is 196 g/mol. The van der Waals surface area contributed by atoms with Gasteiger partial charge in [-0.3, -0.25) is 0 Å². The number of nitrogens with zero attached hydrogens (tertiary/aromatic N) is 2. The summed E-state index contributed by atoms with van der Waals surface area (Å²) in [5.41, 5.74) is 0. The molecule has 0 radical (unpaired) electrons. The van der Waals surface area contributed by atoms with E-state index >= 15 is 0 Å². The molecule has 0 amide bonds. The highest BCUT2D eigenvalue weighted by molar-refractivity contribution is 4.58. The van der Waals surface area contributed by atoms with E-state index in [4.69, 9.17) is 0 Å². The van der Waals surface area contributed by atoms with Crippen LogP contribution in [0.15, 0.2) is 0 Å². The van der Waals surface area contributed by atoms with Gasteiger partial charge in [-0.1, -0.05) is 6.92 Å². The molecule has 2 atom stereocenters. The molecule has 0 aliphatic heterocycles. The molecule has 0 heterocycles. The van der Waals surface area contributed by atoms with Crippen LogP contribution in [0.3, 0.4) is 0 Å². The number of rotatable bonds is 7. The van der Waals surface area contributed by atoms with E-state index in [1.807, 2.05) is 0 Å². The van der Waals surface area contributed by atoms with Gasteiger partial charge in [-0.05, 0) is 13.3 Å². The Bertz CT molecular complexity index is 208. The normalized spacial score (nSPS) is 14.1. The molecule has 0 spiro atoms. The molecule has 0 bridgehead atoms. The largest absolute Gasteiger partial charge is 0.311 e. The van der Waals surface area contributed by atoms with Gasteiger partial charge in [-0.2, -0.15) is 0 Å². The maximum Gasteiger partial charge on any atom is 0.294 e. The van der Waals surface area contributed by atoms with Gasteiger partial charge in [0.15, 0.2) is 0 Å². The predicted molar refractivity (Wildman–Crippen MR) is 44.3 cm³/mol. The molecule has 2 unspecified atom stereocenters. The lowest BCUT2D eigenvalue weighted by molar-refractivity contribution is -0.778.